The second-order valence-electron chi connectivity index (χ2n) is 7.24. The molecular weight excluding hydrogens is 294 g/mol. The van der Waals surface area contributed by atoms with Crippen molar-refractivity contribution in [2.45, 2.75) is 104 Å². The Bertz CT molecular complexity index is 361. The molecule has 0 amide bonds. The van der Waals surface area contributed by atoms with Gasteiger partial charge in [0.1, 0.15) is 0 Å². The van der Waals surface area contributed by atoms with Crippen LogP contribution in [0.2, 0.25) is 0 Å². The Labute approximate surface area is 139 Å². The minimum atomic E-state index is -3.52. The molecule has 0 aromatic carbocycles. The molecule has 0 aliphatic heterocycles. The van der Waals surface area contributed by atoms with Crippen molar-refractivity contribution >= 4 is 10.0 Å². The van der Waals surface area contributed by atoms with E-state index in [-0.39, 0.29) is 0 Å². The lowest BCUT2D eigenvalue weighted by Gasteiger charge is -2.34. The number of sulfonamides is 1. The van der Waals surface area contributed by atoms with Crippen LogP contribution in [0, 0.1) is 11.8 Å². The first-order valence-corrected chi connectivity index (χ1v) is 10.8. The van der Waals surface area contributed by atoms with E-state index in [9.17, 15) is 8.42 Å². The molecule has 0 aromatic rings. The lowest BCUT2D eigenvalue weighted by Crippen LogP contribution is -2.43. The summed E-state index contributed by atoms with van der Waals surface area (Å²) < 4.78 is 23.8. The van der Waals surface area contributed by atoms with Gasteiger partial charge in [-0.15, -0.1) is 0 Å². The maximum absolute atomic E-state index is 12.3. The van der Waals surface area contributed by atoms with Crippen molar-refractivity contribution in [1.82, 2.24) is 0 Å². The topological polar surface area (TPSA) is 60.2 Å². The van der Waals surface area contributed by atoms with E-state index in [1.54, 1.807) is 0 Å². The van der Waals surface area contributed by atoms with Gasteiger partial charge in [-0.2, -0.15) is 0 Å². The highest BCUT2D eigenvalue weighted by Crippen LogP contribution is 2.36. The number of primary sulfonamides is 1. The van der Waals surface area contributed by atoms with E-state index in [0.29, 0.717) is 24.7 Å². The third kappa shape index (κ3) is 7.45. The van der Waals surface area contributed by atoms with Crippen molar-refractivity contribution in [3.8, 4) is 0 Å². The molecular formula is C18H39NO2S. The fourth-order valence-electron chi connectivity index (χ4n) is 3.42. The van der Waals surface area contributed by atoms with Crippen LogP contribution in [0.25, 0.3) is 0 Å². The summed E-state index contributed by atoms with van der Waals surface area (Å²) in [6, 6.07) is 0. The molecule has 0 heterocycles. The lowest BCUT2D eigenvalue weighted by molar-refractivity contribution is 0.299. The van der Waals surface area contributed by atoms with Crippen LogP contribution in [-0.4, -0.2) is 13.2 Å². The average Bonchev–Trinajstić information content (AvgIpc) is 2.46. The van der Waals surface area contributed by atoms with Crippen LogP contribution < -0.4 is 5.14 Å². The molecule has 0 spiro atoms. The molecule has 0 radical (unpaired) electrons. The predicted octanol–water partition coefficient (Wildman–Crippen LogP) is 5.25. The molecule has 2 N–H and O–H groups in total. The standard InChI is InChI=1S/C18H39NO2S/c1-6-10-12-16(8-3)14-18(5,22(19,20)21)15-17(9-4)13-11-7-2/h16-17H,6-15H2,1-5H3,(H2,19,20,21). The monoisotopic (exact) mass is 333 g/mol. The molecule has 0 bridgehead atoms. The van der Waals surface area contributed by atoms with Gasteiger partial charge in [0.25, 0.3) is 0 Å². The van der Waals surface area contributed by atoms with E-state index in [1.165, 1.54) is 12.8 Å². The first kappa shape index (κ1) is 21.9. The maximum atomic E-state index is 12.3. The predicted molar refractivity (Wildman–Crippen MR) is 97.4 cm³/mol. The fourth-order valence-corrected chi connectivity index (χ4v) is 4.36. The van der Waals surface area contributed by atoms with Crippen LogP contribution in [0.1, 0.15) is 98.8 Å². The van der Waals surface area contributed by atoms with Gasteiger partial charge >= 0.3 is 0 Å². The van der Waals surface area contributed by atoms with Gasteiger partial charge in [0.2, 0.25) is 10.0 Å². The summed E-state index contributed by atoms with van der Waals surface area (Å²) >= 11 is 0. The molecule has 0 rings (SSSR count). The molecule has 3 nitrogen and oxygen atoms in total. The minimum Gasteiger partial charge on any atom is -0.228 e. The van der Waals surface area contributed by atoms with E-state index in [1.807, 2.05) is 6.92 Å². The van der Waals surface area contributed by atoms with E-state index in [2.05, 4.69) is 27.7 Å². The number of nitrogens with two attached hydrogens (primary N) is 1. The smallest absolute Gasteiger partial charge is 0.214 e. The normalized spacial score (nSPS) is 17.9. The second-order valence-corrected chi connectivity index (χ2v) is 9.31. The number of hydrogen-bond donors (Lipinski definition) is 1. The van der Waals surface area contributed by atoms with Gasteiger partial charge < -0.3 is 0 Å². The van der Waals surface area contributed by atoms with E-state index in [0.717, 1.165) is 38.5 Å². The van der Waals surface area contributed by atoms with Crippen molar-refractivity contribution < 1.29 is 8.42 Å². The Morgan fingerprint density at radius 2 is 1.23 bits per heavy atom. The third-order valence-corrected chi connectivity index (χ3v) is 6.92. The Hall–Kier alpha value is -0.0900. The largest absolute Gasteiger partial charge is 0.228 e. The van der Waals surface area contributed by atoms with Gasteiger partial charge in [-0.3, -0.25) is 0 Å². The maximum Gasteiger partial charge on any atom is 0.214 e. The van der Waals surface area contributed by atoms with Gasteiger partial charge in [0.15, 0.2) is 0 Å². The van der Waals surface area contributed by atoms with Gasteiger partial charge in [-0.05, 0) is 31.6 Å². The van der Waals surface area contributed by atoms with Crippen LogP contribution in [0.3, 0.4) is 0 Å². The molecule has 0 aliphatic carbocycles. The van der Waals surface area contributed by atoms with Gasteiger partial charge in [-0.1, -0.05) is 79.1 Å². The zero-order valence-corrected chi connectivity index (χ0v) is 16.3. The van der Waals surface area contributed by atoms with Crippen LogP contribution >= 0.6 is 0 Å². The molecule has 0 saturated heterocycles. The first-order chi connectivity index (χ1) is 10.2. The van der Waals surface area contributed by atoms with Crippen molar-refractivity contribution in [2.75, 3.05) is 0 Å². The summed E-state index contributed by atoms with van der Waals surface area (Å²) in [5, 5.41) is 5.65. The Morgan fingerprint density at radius 1 is 0.864 bits per heavy atom. The molecule has 22 heavy (non-hydrogen) atoms. The quantitative estimate of drug-likeness (QED) is 0.500. The van der Waals surface area contributed by atoms with Crippen molar-refractivity contribution in [3.05, 3.63) is 0 Å². The van der Waals surface area contributed by atoms with Crippen molar-refractivity contribution in [3.63, 3.8) is 0 Å². The molecule has 0 fully saturated rings. The van der Waals surface area contributed by atoms with E-state index < -0.39 is 14.8 Å². The lowest BCUT2D eigenvalue weighted by atomic mass is 9.82. The van der Waals surface area contributed by atoms with Gasteiger partial charge in [0.05, 0.1) is 4.75 Å². The van der Waals surface area contributed by atoms with Gasteiger partial charge in [-0.25, -0.2) is 13.6 Å². The zero-order chi connectivity index (χ0) is 17.2. The fraction of sp³-hybridized carbons (Fsp3) is 1.00. The summed E-state index contributed by atoms with van der Waals surface area (Å²) in [5.41, 5.74) is 0. The highest BCUT2D eigenvalue weighted by molar-refractivity contribution is 7.90. The second kappa shape index (κ2) is 10.6. The highest BCUT2D eigenvalue weighted by atomic mass is 32.2. The number of rotatable bonds is 13. The van der Waals surface area contributed by atoms with E-state index >= 15 is 0 Å². The zero-order valence-electron chi connectivity index (χ0n) is 15.5. The van der Waals surface area contributed by atoms with Crippen LogP contribution in [0.15, 0.2) is 0 Å². The van der Waals surface area contributed by atoms with Crippen molar-refractivity contribution in [2.24, 2.45) is 17.0 Å². The summed E-state index contributed by atoms with van der Waals surface area (Å²) in [6.45, 7) is 10.6. The SMILES string of the molecule is CCCCC(CC)CC(C)(CC(CC)CCCC)S(N)(=O)=O. The number of hydrogen-bond acceptors (Lipinski definition) is 2. The van der Waals surface area contributed by atoms with E-state index in [4.69, 9.17) is 5.14 Å². The molecule has 0 saturated carbocycles. The Balaban J connectivity index is 5.06. The Kier molecular flexibility index (Phi) is 10.6. The molecule has 2 atom stereocenters. The number of unbranched alkanes of at least 4 members (excludes halogenated alkanes) is 2. The summed E-state index contributed by atoms with van der Waals surface area (Å²) in [5.74, 6) is 0.930. The molecule has 0 aromatic heterocycles. The summed E-state index contributed by atoms with van der Waals surface area (Å²) in [6.07, 6.45) is 10.4. The molecule has 0 aliphatic rings. The minimum absolute atomic E-state index is 0.465. The van der Waals surface area contributed by atoms with Crippen LogP contribution in [-0.2, 0) is 10.0 Å². The Morgan fingerprint density at radius 3 is 1.45 bits per heavy atom. The van der Waals surface area contributed by atoms with Crippen LogP contribution in [0.4, 0.5) is 0 Å². The molecule has 134 valence electrons. The van der Waals surface area contributed by atoms with Gasteiger partial charge in [0, 0.05) is 0 Å². The highest BCUT2D eigenvalue weighted by Gasteiger charge is 2.39. The van der Waals surface area contributed by atoms with Crippen molar-refractivity contribution in [1.29, 1.82) is 0 Å². The molecule has 4 heteroatoms. The molecule has 2 unspecified atom stereocenters. The summed E-state index contributed by atoms with van der Waals surface area (Å²) in [7, 11) is -3.52. The third-order valence-electron chi connectivity index (χ3n) is 5.21. The van der Waals surface area contributed by atoms with Crippen LogP contribution in [0.5, 0.6) is 0 Å². The first-order valence-electron chi connectivity index (χ1n) is 9.26. The average molecular weight is 334 g/mol. The summed E-state index contributed by atoms with van der Waals surface area (Å²) in [4.78, 5) is 0.